The van der Waals surface area contributed by atoms with Gasteiger partial charge in [-0.3, -0.25) is 14.4 Å². The van der Waals surface area contributed by atoms with Gasteiger partial charge in [-0.15, -0.1) is 0 Å². The Kier molecular flexibility index (Phi) is 20.9. The van der Waals surface area contributed by atoms with Crippen LogP contribution in [0.2, 0.25) is 0 Å². The van der Waals surface area contributed by atoms with Crippen LogP contribution in [-0.2, 0) is 24.0 Å². The summed E-state index contributed by atoms with van der Waals surface area (Å²) in [5, 5.41) is 9.27. The van der Waals surface area contributed by atoms with Crippen LogP contribution in [0.1, 0.15) is 91.4 Å². The quantitative estimate of drug-likeness (QED) is 0.147. The van der Waals surface area contributed by atoms with Gasteiger partial charge < -0.3 is 20.2 Å². The van der Waals surface area contributed by atoms with Crippen LogP contribution in [-0.4, -0.2) is 56.7 Å². The molecule has 0 heterocycles. The maximum absolute atomic E-state index is 11.8. The highest BCUT2D eigenvalue weighted by molar-refractivity contribution is 6.26. The number of carbonyl (C=O) groups excluding carboxylic acids is 3. The van der Waals surface area contributed by atoms with Crippen LogP contribution in [0.4, 0.5) is 0 Å². The Labute approximate surface area is 194 Å². The lowest BCUT2D eigenvalue weighted by Gasteiger charge is -2.09. The molecular formula is C24H45N3O5. The molecule has 0 bridgehead atoms. The van der Waals surface area contributed by atoms with Crippen LogP contribution in [0.15, 0.2) is 5.16 Å². The van der Waals surface area contributed by atoms with Crippen LogP contribution in [0.5, 0.6) is 0 Å². The average molecular weight is 456 g/mol. The maximum Gasteiger partial charge on any atom is 0.220 e. The summed E-state index contributed by atoms with van der Waals surface area (Å²) in [4.78, 5) is 39.1. The molecule has 8 nitrogen and oxygen atoms in total. The van der Waals surface area contributed by atoms with Crippen molar-refractivity contribution in [3.8, 4) is 0 Å². The number of carbonyl (C=O) groups is 3. The van der Waals surface area contributed by atoms with Crippen molar-refractivity contribution < 1.29 is 24.0 Å². The zero-order chi connectivity index (χ0) is 23.9. The summed E-state index contributed by atoms with van der Waals surface area (Å²) in [5.41, 5.74) is 0. The van der Waals surface area contributed by atoms with E-state index in [-0.39, 0.29) is 17.6 Å². The molecule has 1 atom stereocenters. The van der Waals surface area contributed by atoms with Gasteiger partial charge in [0, 0.05) is 46.1 Å². The maximum atomic E-state index is 11.8. The molecule has 0 aromatic rings. The van der Waals surface area contributed by atoms with Gasteiger partial charge in [0.25, 0.3) is 0 Å². The molecule has 2 N–H and O–H groups in total. The van der Waals surface area contributed by atoms with E-state index in [0.29, 0.717) is 44.9 Å². The highest BCUT2D eigenvalue weighted by atomic mass is 16.6. The Morgan fingerprint density at radius 2 is 1.41 bits per heavy atom. The fourth-order valence-corrected chi connectivity index (χ4v) is 2.76. The molecule has 0 aliphatic carbocycles. The molecule has 0 saturated carbocycles. The Balaban J connectivity index is 3.38. The number of hydrogen-bond acceptors (Lipinski definition) is 6. The number of hydrogen-bond donors (Lipinski definition) is 2. The Morgan fingerprint density at radius 1 is 0.844 bits per heavy atom. The van der Waals surface area contributed by atoms with Crippen LogP contribution in [0.25, 0.3) is 0 Å². The monoisotopic (exact) mass is 455 g/mol. The van der Waals surface area contributed by atoms with Crippen LogP contribution in [0, 0.1) is 5.92 Å². The van der Waals surface area contributed by atoms with Gasteiger partial charge in [0.05, 0.1) is 0 Å². The molecule has 8 heteroatoms. The van der Waals surface area contributed by atoms with Crippen LogP contribution < -0.4 is 10.6 Å². The van der Waals surface area contributed by atoms with E-state index in [2.05, 4.69) is 29.6 Å². The van der Waals surface area contributed by atoms with Crippen molar-refractivity contribution in [1.29, 1.82) is 0 Å². The molecule has 0 spiro atoms. The number of nitrogens with zero attached hydrogens (tertiary/aromatic N) is 1. The third-order valence-corrected chi connectivity index (χ3v) is 4.99. The molecular weight excluding hydrogens is 410 g/mol. The van der Waals surface area contributed by atoms with Crippen LogP contribution in [0.3, 0.4) is 0 Å². The first-order valence-electron chi connectivity index (χ1n) is 12.2. The zero-order valence-corrected chi connectivity index (χ0v) is 20.5. The van der Waals surface area contributed by atoms with Crippen molar-refractivity contribution in [2.45, 2.75) is 91.4 Å². The molecule has 2 amide bonds. The third-order valence-electron chi connectivity index (χ3n) is 4.99. The van der Waals surface area contributed by atoms with Gasteiger partial charge in [-0.1, -0.05) is 44.7 Å². The summed E-state index contributed by atoms with van der Waals surface area (Å²) in [7, 11) is 0. The number of rotatable bonds is 22. The molecule has 0 aliphatic rings. The minimum Gasteiger partial charge on any atom is -0.396 e. The van der Waals surface area contributed by atoms with E-state index in [1.54, 1.807) is 0 Å². The van der Waals surface area contributed by atoms with Gasteiger partial charge in [-0.25, -0.2) is 0 Å². The van der Waals surface area contributed by atoms with Gasteiger partial charge in [0.2, 0.25) is 11.8 Å². The van der Waals surface area contributed by atoms with Gasteiger partial charge in [-0.2, -0.15) is 0 Å². The Morgan fingerprint density at radius 3 is 2.03 bits per heavy atom. The van der Waals surface area contributed by atoms with Gasteiger partial charge in [0.15, 0.2) is 5.78 Å². The van der Waals surface area contributed by atoms with E-state index >= 15 is 0 Å². The third kappa shape index (κ3) is 22.7. The van der Waals surface area contributed by atoms with Crippen molar-refractivity contribution in [2.24, 2.45) is 11.1 Å². The Hall–Kier alpha value is -1.96. The van der Waals surface area contributed by atoms with Crippen LogP contribution >= 0.6 is 0 Å². The fourth-order valence-electron chi connectivity index (χ4n) is 2.76. The summed E-state index contributed by atoms with van der Waals surface area (Å²) in [5.74, 6) is 0.460. The summed E-state index contributed by atoms with van der Waals surface area (Å²) in [6.07, 6.45) is 10.6. The zero-order valence-electron chi connectivity index (χ0n) is 20.5. The Bertz CT molecular complexity index is 526. The van der Waals surface area contributed by atoms with Gasteiger partial charge >= 0.3 is 0 Å². The topological polar surface area (TPSA) is 106 Å². The molecule has 186 valence electrons. The second-order valence-electron chi connectivity index (χ2n) is 8.30. The smallest absolute Gasteiger partial charge is 0.220 e. The highest BCUT2D eigenvalue weighted by Gasteiger charge is 2.05. The average Bonchev–Trinajstić information content (AvgIpc) is 2.76. The van der Waals surface area contributed by atoms with Gasteiger partial charge in [-0.05, 0) is 38.0 Å². The second-order valence-corrected chi connectivity index (χ2v) is 8.30. The number of nitrogens with one attached hydrogen (secondary N) is 2. The van der Waals surface area contributed by atoms with E-state index in [9.17, 15) is 14.4 Å². The molecule has 0 aromatic heterocycles. The molecule has 0 rings (SSSR count). The van der Waals surface area contributed by atoms with E-state index in [1.165, 1.54) is 19.8 Å². The lowest BCUT2D eigenvalue weighted by Crippen LogP contribution is -2.26. The molecule has 32 heavy (non-hydrogen) atoms. The SMILES string of the molecule is CCC(C)COCCCCCCCNC(=O)CCCC(=O)NCCCCO/N=C\C(C)=O. The number of ether oxygens (including phenoxy) is 1. The number of amides is 2. The minimum absolute atomic E-state index is 0.0134. The first kappa shape index (κ1) is 30.0. The van der Waals surface area contributed by atoms with E-state index in [4.69, 9.17) is 9.57 Å². The summed E-state index contributed by atoms with van der Waals surface area (Å²) >= 11 is 0. The molecule has 1 unspecified atom stereocenters. The van der Waals surface area contributed by atoms with E-state index in [1.807, 2.05) is 0 Å². The standard InChI is InChI=1S/C24H45N3O5/c1-4-21(2)20-31-17-10-7-5-6-8-15-25-23(29)13-12-14-24(30)26-16-9-11-18-32-27-19-22(3)28/h19,21H,4-18,20H2,1-3H3,(H,25,29)(H,26,30)/b27-19-. The van der Waals surface area contributed by atoms with E-state index < -0.39 is 0 Å². The first-order chi connectivity index (χ1) is 15.5. The van der Waals surface area contributed by atoms with Crippen molar-refractivity contribution in [3.63, 3.8) is 0 Å². The fraction of sp³-hybridized carbons (Fsp3) is 0.833. The van der Waals surface area contributed by atoms with Gasteiger partial charge in [0.1, 0.15) is 12.8 Å². The summed E-state index contributed by atoms with van der Waals surface area (Å²) < 4.78 is 5.65. The summed E-state index contributed by atoms with van der Waals surface area (Å²) in [6, 6.07) is 0. The predicted octanol–water partition coefficient (Wildman–Crippen LogP) is 3.77. The van der Waals surface area contributed by atoms with Crippen molar-refractivity contribution >= 4 is 23.8 Å². The molecule has 0 aromatic carbocycles. The molecule has 0 radical (unpaired) electrons. The number of oxime groups is 1. The van der Waals surface area contributed by atoms with Crippen molar-refractivity contribution in [3.05, 3.63) is 0 Å². The van der Waals surface area contributed by atoms with Crippen molar-refractivity contribution in [2.75, 3.05) is 32.9 Å². The lowest BCUT2D eigenvalue weighted by molar-refractivity contribution is -0.122. The number of unbranched alkanes of at least 4 members (excludes halogenated alkanes) is 5. The largest absolute Gasteiger partial charge is 0.396 e. The number of ketones is 1. The summed E-state index contributed by atoms with van der Waals surface area (Å²) in [6.45, 7) is 9.18. The number of Topliss-reactive ketones (excluding diaryl/α,β-unsaturated/α-hetero) is 1. The van der Waals surface area contributed by atoms with Crippen molar-refractivity contribution in [1.82, 2.24) is 10.6 Å². The highest BCUT2D eigenvalue weighted by Crippen LogP contribution is 2.05. The molecule has 0 saturated heterocycles. The molecule has 0 fully saturated rings. The predicted molar refractivity (Wildman–Crippen MR) is 128 cm³/mol. The first-order valence-corrected chi connectivity index (χ1v) is 12.2. The normalized spacial score (nSPS) is 12.0. The van der Waals surface area contributed by atoms with E-state index in [0.717, 1.165) is 58.0 Å². The lowest BCUT2D eigenvalue weighted by atomic mass is 10.1. The minimum atomic E-state index is -0.157. The second kappa shape index (κ2) is 22.2. The molecule has 0 aliphatic heterocycles.